The van der Waals surface area contributed by atoms with Crippen LogP contribution < -0.4 is 14.8 Å². The first kappa shape index (κ1) is 22.7. The summed E-state index contributed by atoms with van der Waals surface area (Å²) in [5.74, 6) is 0.707. The molecule has 1 aliphatic heterocycles. The van der Waals surface area contributed by atoms with Crippen molar-refractivity contribution < 1.29 is 22.7 Å². The minimum absolute atomic E-state index is 0.0542. The number of ether oxygens (including phenoxy) is 2. The second-order valence-electron chi connectivity index (χ2n) is 7.14. The number of methoxy groups -OCH3 is 2. The highest BCUT2D eigenvalue weighted by Crippen LogP contribution is 2.34. The molecule has 1 aromatic carbocycles. The van der Waals surface area contributed by atoms with Crippen molar-refractivity contribution >= 4 is 43.7 Å². The van der Waals surface area contributed by atoms with E-state index in [4.69, 9.17) is 9.47 Å². The lowest BCUT2D eigenvalue weighted by Gasteiger charge is -2.25. The topological polar surface area (TPSA) is 97.8 Å². The van der Waals surface area contributed by atoms with Crippen LogP contribution in [-0.4, -0.2) is 50.9 Å². The van der Waals surface area contributed by atoms with Crippen molar-refractivity contribution in [3.8, 4) is 22.8 Å². The third kappa shape index (κ3) is 4.51. The zero-order valence-corrected chi connectivity index (χ0v) is 20.1. The largest absolute Gasteiger partial charge is 0.493 e. The van der Waals surface area contributed by atoms with Gasteiger partial charge in [0, 0.05) is 24.0 Å². The Morgan fingerprint density at radius 3 is 2.53 bits per heavy atom. The Balaban J connectivity index is 1.53. The van der Waals surface area contributed by atoms with Crippen LogP contribution in [0, 0.1) is 0 Å². The number of carbonyl (C=O) groups excluding carboxylic acids is 1. The molecule has 4 rings (SSSR count). The molecule has 170 valence electrons. The number of hydrogen-bond acceptors (Lipinski definition) is 8. The highest BCUT2D eigenvalue weighted by Gasteiger charge is 2.31. The average molecular weight is 494 g/mol. The number of amides is 1. The third-order valence-electron chi connectivity index (χ3n) is 5.17. The molecule has 32 heavy (non-hydrogen) atoms. The second kappa shape index (κ2) is 9.57. The van der Waals surface area contributed by atoms with Gasteiger partial charge in [-0.3, -0.25) is 10.1 Å². The minimum atomic E-state index is -3.70. The van der Waals surface area contributed by atoms with E-state index < -0.39 is 15.9 Å². The number of anilines is 1. The van der Waals surface area contributed by atoms with Gasteiger partial charge in [0.25, 0.3) is 5.91 Å². The number of rotatable bonds is 7. The maximum atomic E-state index is 13.0. The monoisotopic (exact) mass is 493 g/mol. The van der Waals surface area contributed by atoms with E-state index in [2.05, 4.69) is 10.3 Å². The molecule has 2 aromatic heterocycles. The molecule has 0 saturated carbocycles. The number of nitrogens with zero attached hydrogens (tertiary/aromatic N) is 2. The van der Waals surface area contributed by atoms with Crippen molar-refractivity contribution in [3.05, 3.63) is 39.9 Å². The molecule has 0 unspecified atom stereocenters. The van der Waals surface area contributed by atoms with Crippen LogP contribution in [-0.2, 0) is 10.0 Å². The summed E-state index contributed by atoms with van der Waals surface area (Å²) in [6, 6.07) is 6.95. The van der Waals surface area contributed by atoms with Crippen molar-refractivity contribution in [3.63, 3.8) is 0 Å². The summed E-state index contributed by atoms with van der Waals surface area (Å²) < 4.78 is 38.1. The average Bonchev–Trinajstić information content (AvgIpc) is 3.49. The highest BCUT2D eigenvalue weighted by molar-refractivity contribution is 7.89. The third-order valence-corrected chi connectivity index (χ3v) is 8.91. The summed E-state index contributed by atoms with van der Waals surface area (Å²) in [5.41, 5.74) is 1.47. The van der Waals surface area contributed by atoms with Crippen LogP contribution in [0.3, 0.4) is 0 Å². The van der Waals surface area contributed by atoms with Gasteiger partial charge in [0.2, 0.25) is 10.0 Å². The van der Waals surface area contributed by atoms with Crippen LogP contribution in [0.4, 0.5) is 5.13 Å². The zero-order valence-electron chi connectivity index (χ0n) is 17.7. The van der Waals surface area contributed by atoms with Gasteiger partial charge in [0.05, 0.1) is 19.9 Å². The number of aromatic nitrogens is 1. The Morgan fingerprint density at radius 2 is 1.81 bits per heavy atom. The summed E-state index contributed by atoms with van der Waals surface area (Å²) >= 11 is 2.37. The fourth-order valence-electron chi connectivity index (χ4n) is 3.52. The Kier molecular flexibility index (Phi) is 6.79. The molecular formula is C21H23N3O5S3. The van der Waals surface area contributed by atoms with Gasteiger partial charge in [0.15, 0.2) is 16.6 Å². The fraction of sp³-hybridized carbons (Fsp3) is 0.333. The standard InChI is InChI=1S/C21H23N3O5S3/c1-28-16-7-6-14(12-17(16)29-2)15-13-31-21(22-15)23-20(25)19-18(8-11-30-19)32(26,27)24-9-4-3-5-10-24/h6-8,11-13H,3-5,9-10H2,1-2H3,(H,22,23,25). The first-order chi connectivity index (χ1) is 15.4. The first-order valence-corrected chi connectivity index (χ1v) is 13.2. The number of hydrogen-bond donors (Lipinski definition) is 1. The number of benzene rings is 1. The maximum absolute atomic E-state index is 13.0. The van der Waals surface area contributed by atoms with Crippen molar-refractivity contribution in [2.75, 3.05) is 32.6 Å². The molecule has 0 radical (unpaired) electrons. The van der Waals surface area contributed by atoms with Crippen LogP contribution in [0.25, 0.3) is 11.3 Å². The van der Waals surface area contributed by atoms with E-state index >= 15 is 0 Å². The van der Waals surface area contributed by atoms with E-state index in [0.29, 0.717) is 35.4 Å². The molecule has 3 heterocycles. The SMILES string of the molecule is COc1ccc(-c2csc(NC(=O)c3sccc3S(=O)(=O)N3CCCCC3)n2)cc1OC. The lowest BCUT2D eigenvalue weighted by Crippen LogP contribution is -2.36. The quantitative estimate of drug-likeness (QED) is 0.527. The van der Waals surface area contributed by atoms with E-state index in [9.17, 15) is 13.2 Å². The molecular weight excluding hydrogens is 470 g/mol. The Labute approximate surface area is 194 Å². The number of thiazole rings is 1. The van der Waals surface area contributed by atoms with Gasteiger partial charge in [-0.2, -0.15) is 4.31 Å². The molecule has 0 aliphatic carbocycles. The molecule has 1 saturated heterocycles. The molecule has 0 spiro atoms. The highest BCUT2D eigenvalue weighted by atomic mass is 32.2. The molecule has 1 N–H and O–H groups in total. The zero-order chi connectivity index (χ0) is 22.7. The Bertz CT molecular complexity index is 1210. The predicted octanol–water partition coefficient (Wildman–Crippen LogP) is 4.32. The van der Waals surface area contributed by atoms with Crippen LogP contribution in [0.5, 0.6) is 11.5 Å². The summed E-state index contributed by atoms with van der Waals surface area (Å²) in [6.45, 7) is 0.973. The Morgan fingerprint density at radius 1 is 1.06 bits per heavy atom. The van der Waals surface area contributed by atoms with Crippen molar-refractivity contribution in [2.24, 2.45) is 0 Å². The van der Waals surface area contributed by atoms with E-state index in [-0.39, 0.29) is 9.77 Å². The predicted molar refractivity (Wildman–Crippen MR) is 126 cm³/mol. The van der Waals surface area contributed by atoms with E-state index in [1.54, 1.807) is 25.7 Å². The molecule has 1 fully saturated rings. The summed E-state index contributed by atoms with van der Waals surface area (Å²) in [7, 11) is -0.570. The summed E-state index contributed by atoms with van der Waals surface area (Å²) in [6.07, 6.45) is 2.70. The lowest BCUT2D eigenvalue weighted by atomic mass is 10.1. The van der Waals surface area contributed by atoms with E-state index in [1.807, 2.05) is 17.5 Å². The number of thiophene rings is 1. The normalized spacial score (nSPS) is 14.8. The molecule has 0 atom stereocenters. The van der Waals surface area contributed by atoms with Gasteiger partial charge in [-0.1, -0.05) is 6.42 Å². The Hall–Kier alpha value is -2.47. The molecule has 3 aromatic rings. The van der Waals surface area contributed by atoms with Gasteiger partial charge in [-0.25, -0.2) is 13.4 Å². The summed E-state index contributed by atoms with van der Waals surface area (Å²) in [5, 5.41) is 6.57. The molecule has 11 heteroatoms. The van der Waals surface area contributed by atoms with Crippen LogP contribution in [0.1, 0.15) is 28.9 Å². The molecule has 0 bridgehead atoms. The van der Waals surface area contributed by atoms with Crippen molar-refractivity contribution in [2.45, 2.75) is 24.2 Å². The van der Waals surface area contributed by atoms with Gasteiger partial charge >= 0.3 is 0 Å². The second-order valence-corrected chi connectivity index (χ2v) is 10.8. The molecule has 8 nitrogen and oxygen atoms in total. The van der Waals surface area contributed by atoms with Crippen LogP contribution in [0.15, 0.2) is 39.9 Å². The smallest absolute Gasteiger partial charge is 0.268 e. The number of piperidine rings is 1. The van der Waals surface area contributed by atoms with Gasteiger partial charge in [-0.05, 0) is 42.5 Å². The van der Waals surface area contributed by atoms with Gasteiger partial charge in [0.1, 0.15) is 9.77 Å². The summed E-state index contributed by atoms with van der Waals surface area (Å²) in [4.78, 5) is 17.6. The lowest BCUT2D eigenvalue weighted by molar-refractivity contribution is 0.102. The van der Waals surface area contributed by atoms with Gasteiger partial charge < -0.3 is 9.47 Å². The molecule has 1 aliphatic rings. The minimum Gasteiger partial charge on any atom is -0.493 e. The number of nitrogens with one attached hydrogen (secondary N) is 1. The number of sulfonamides is 1. The van der Waals surface area contributed by atoms with E-state index in [0.717, 1.165) is 36.2 Å². The fourth-order valence-corrected chi connectivity index (χ4v) is 7.05. The number of carbonyl (C=O) groups is 1. The first-order valence-electron chi connectivity index (χ1n) is 10.0. The van der Waals surface area contributed by atoms with Crippen LogP contribution in [0.2, 0.25) is 0 Å². The maximum Gasteiger partial charge on any atom is 0.268 e. The van der Waals surface area contributed by atoms with Crippen molar-refractivity contribution in [1.29, 1.82) is 0 Å². The van der Waals surface area contributed by atoms with E-state index in [1.165, 1.54) is 21.7 Å². The van der Waals surface area contributed by atoms with Gasteiger partial charge in [-0.15, -0.1) is 22.7 Å². The van der Waals surface area contributed by atoms with Crippen LogP contribution >= 0.6 is 22.7 Å². The van der Waals surface area contributed by atoms with Crippen molar-refractivity contribution in [1.82, 2.24) is 9.29 Å². The molecule has 1 amide bonds.